The highest BCUT2D eigenvalue weighted by Crippen LogP contribution is 2.17. The third-order valence-electron chi connectivity index (χ3n) is 3.44. The Balaban J connectivity index is 1.78. The Bertz CT molecular complexity index is 370. The van der Waals surface area contributed by atoms with Gasteiger partial charge >= 0.3 is 0 Å². The van der Waals surface area contributed by atoms with E-state index in [1.807, 2.05) is 12.1 Å². The molecule has 0 unspecified atom stereocenters. The smallest absolute Gasteiger partial charge is 0.203 e. The lowest BCUT2D eigenvalue weighted by atomic mass is 9.97. The van der Waals surface area contributed by atoms with Crippen molar-refractivity contribution in [2.24, 2.45) is 0 Å². The lowest BCUT2D eigenvalue weighted by Gasteiger charge is -2.20. The van der Waals surface area contributed by atoms with Crippen molar-refractivity contribution in [2.45, 2.75) is 57.5 Å². The average molecular weight is 232 g/mol. The highest BCUT2D eigenvalue weighted by Gasteiger charge is 2.11. The van der Waals surface area contributed by atoms with E-state index in [0.29, 0.717) is 11.8 Å². The molecule has 1 aromatic rings. The fourth-order valence-corrected chi connectivity index (χ4v) is 2.44. The Morgan fingerprint density at radius 2 is 1.88 bits per heavy atom. The van der Waals surface area contributed by atoms with Crippen molar-refractivity contribution in [3.8, 4) is 6.07 Å². The third-order valence-corrected chi connectivity index (χ3v) is 3.44. The molecule has 0 bridgehead atoms. The molecular formula is C14H20N2O. The van der Waals surface area contributed by atoms with E-state index in [1.165, 1.54) is 44.9 Å². The largest absolute Gasteiger partial charge is 0.449 e. The van der Waals surface area contributed by atoms with Crippen molar-refractivity contribution in [3.63, 3.8) is 0 Å². The number of rotatable bonds is 3. The van der Waals surface area contributed by atoms with Gasteiger partial charge in [-0.15, -0.1) is 0 Å². The van der Waals surface area contributed by atoms with E-state index in [2.05, 4.69) is 5.32 Å². The van der Waals surface area contributed by atoms with Crippen LogP contribution in [0.1, 0.15) is 56.5 Å². The first-order chi connectivity index (χ1) is 8.38. The van der Waals surface area contributed by atoms with E-state index in [-0.39, 0.29) is 0 Å². The lowest BCUT2D eigenvalue weighted by molar-refractivity contribution is 0.370. The number of nitrogens with zero attached hydrogens (tertiary/aromatic N) is 1. The minimum Gasteiger partial charge on any atom is -0.449 e. The van der Waals surface area contributed by atoms with Crippen LogP contribution < -0.4 is 5.32 Å². The Morgan fingerprint density at radius 3 is 2.53 bits per heavy atom. The molecule has 1 heterocycles. The topological polar surface area (TPSA) is 49.0 Å². The summed E-state index contributed by atoms with van der Waals surface area (Å²) >= 11 is 0. The van der Waals surface area contributed by atoms with E-state index in [4.69, 9.17) is 9.68 Å². The Hall–Kier alpha value is -1.27. The molecule has 0 saturated heterocycles. The quantitative estimate of drug-likeness (QED) is 0.869. The van der Waals surface area contributed by atoms with Gasteiger partial charge in [-0.25, -0.2) is 0 Å². The Morgan fingerprint density at radius 1 is 1.18 bits per heavy atom. The molecule has 92 valence electrons. The number of nitrogens with one attached hydrogen (secondary N) is 1. The molecule has 1 aliphatic carbocycles. The molecule has 0 aromatic carbocycles. The second-order valence-electron chi connectivity index (χ2n) is 4.80. The summed E-state index contributed by atoms with van der Waals surface area (Å²) in [6.07, 6.45) is 9.35. The van der Waals surface area contributed by atoms with Crippen LogP contribution in [0.15, 0.2) is 16.5 Å². The highest BCUT2D eigenvalue weighted by molar-refractivity contribution is 5.18. The maximum Gasteiger partial charge on any atom is 0.203 e. The number of furan rings is 1. The summed E-state index contributed by atoms with van der Waals surface area (Å²) in [5.41, 5.74) is 0. The van der Waals surface area contributed by atoms with Crippen molar-refractivity contribution in [2.75, 3.05) is 0 Å². The molecule has 0 spiro atoms. The molecule has 1 N–H and O–H groups in total. The predicted octanol–water partition coefficient (Wildman–Crippen LogP) is 3.35. The first kappa shape index (κ1) is 12.2. The number of nitriles is 1. The molecule has 1 aliphatic rings. The fraction of sp³-hybridized carbons (Fsp3) is 0.643. The van der Waals surface area contributed by atoms with E-state index >= 15 is 0 Å². The zero-order valence-electron chi connectivity index (χ0n) is 10.2. The van der Waals surface area contributed by atoms with Gasteiger partial charge < -0.3 is 9.73 Å². The van der Waals surface area contributed by atoms with Crippen LogP contribution in [-0.4, -0.2) is 6.04 Å². The van der Waals surface area contributed by atoms with Crippen molar-refractivity contribution in [1.82, 2.24) is 5.32 Å². The molecule has 0 atom stereocenters. The molecule has 1 aromatic heterocycles. The highest BCUT2D eigenvalue weighted by atomic mass is 16.3. The monoisotopic (exact) mass is 232 g/mol. The van der Waals surface area contributed by atoms with Crippen molar-refractivity contribution in [1.29, 1.82) is 5.26 Å². The van der Waals surface area contributed by atoms with Crippen LogP contribution in [0.2, 0.25) is 0 Å². The molecule has 1 saturated carbocycles. The standard InChI is InChI=1S/C14H20N2O/c15-10-13-8-9-14(17-13)11-16-12-6-4-2-1-3-5-7-12/h8-9,12,16H,1-7,11H2. The van der Waals surface area contributed by atoms with Gasteiger partial charge in [-0.05, 0) is 25.0 Å². The summed E-state index contributed by atoms with van der Waals surface area (Å²) in [6, 6.07) is 6.24. The third kappa shape index (κ3) is 3.90. The van der Waals surface area contributed by atoms with Gasteiger partial charge in [0.25, 0.3) is 0 Å². The van der Waals surface area contributed by atoms with Crippen LogP contribution in [-0.2, 0) is 6.54 Å². The maximum absolute atomic E-state index is 8.67. The van der Waals surface area contributed by atoms with Crippen LogP contribution in [0.4, 0.5) is 0 Å². The summed E-state index contributed by atoms with van der Waals surface area (Å²) in [4.78, 5) is 0. The molecule has 3 nitrogen and oxygen atoms in total. The van der Waals surface area contributed by atoms with Crippen molar-refractivity contribution in [3.05, 3.63) is 23.7 Å². The summed E-state index contributed by atoms with van der Waals surface area (Å²) < 4.78 is 5.36. The molecule has 0 aliphatic heterocycles. The van der Waals surface area contributed by atoms with Crippen molar-refractivity contribution < 1.29 is 4.42 Å². The van der Waals surface area contributed by atoms with E-state index in [0.717, 1.165) is 12.3 Å². The lowest BCUT2D eigenvalue weighted by Crippen LogP contribution is -2.29. The van der Waals surface area contributed by atoms with Gasteiger partial charge in [0.2, 0.25) is 5.76 Å². The number of hydrogen-bond donors (Lipinski definition) is 1. The second kappa shape index (κ2) is 6.46. The van der Waals surface area contributed by atoms with Crippen LogP contribution in [0.5, 0.6) is 0 Å². The summed E-state index contributed by atoms with van der Waals surface area (Å²) in [7, 11) is 0. The van der Waals surface area contributed by atoms with Crippen molar-refractivity contribution >= 4 is 0 Å². The molecular weight excluding hydrogens is 212 g/mol. The molecule has 0 radical (unpaired) electrons. The normalized spacial score (nSPS) is 18.3. The molecule has 2 rings (SSSR count). The molecule has 17 heavy (non-hydrogen) atoms. The predicted molar refractivity (Wildman–Crippen MR) is 66.4 cm³/mol. The van der Waals surface area contributed by atoms with Gasteiger partial charge in [0.15, 0.2) is 0 Å². The average Bonchev–Trinajstić information content (AvgIpc) is 2.75. The Labute approximate surface area is 103 Å². The second-order valence-corrected chi connectivity index (χ2v) is 4.80. The molecule has 1 fully saturated rings. The zero-order chi connectivity index (χ0) is 11.9. The number of hydrogen-bond acceptors (Lipinski definition) is 3. The summed E-state index contributed by atoms with van der Waals surface area (Å²) in [6.45, 7) is 0.742. The minimum absolute atomic E-state index is 0.402. The molecule has 3 heteroatoms. The molecule has 0 amide bonds. The van der Waals surface area contributed by atoms with Crippen LogP contribution in [0.3, 0.4) is 0 Å². The minimum atomic E-state index is 0.402. The van der Waals surface area contributed by atoms with Gasteiger partial charge in [-0.3, -0.25) is 0 Å². The van der Waals surface area contributed by atoms with Gasteiger partial charge in [0.1, 0.15) is 11.8 Å². The first-order valence-corrected chi connectivity index (χ1v) is 6.60. The van der Waals surface area contributed by atoms with Crippen LogP contribution in [0.25, 0.3) is 0 Å². The van der Waals surface area contributed by atoms with Gasteiger partial charge in [0.05, 0.1) is 6.54 Å². The fourth-order valence-electron chi connectivity index (χ4n) is 2.44. The van der Waals surface area contributed by atoms with Gasteiger partial charge in [-0.1, -0.05) is 32.1 Å². The summed E-state index contributed by atoms with van der Waals surface area (Å²) in [5, 5.41) is 12.2. The van der Waals surface area contributed by atoms with Gasteiger partial charge in [0, 0.05) is 6.04 Å². The van der Waals surface area contributed by atoms with E-state index in [9.17, 15) is 0 Å². The van der Waals surface area contributed by atoms with E-state index < -0.39 is 0 Å². The van der Waals surface area contributed by atoms with Crippen LogP contribution in [0, 0.1) is 11.3 Å². The summed E-state index contributed by atoms with van der Waals surface area (Å²) in [5.74, 6) is 1.27. The van der Waals surface area contributed by atoms with E-state index in [1.54, 1.807) is 6.07 Å². The Kier molecular flexibility index (Phi) is 4.63. The maximum atomic E-state index is 8.67. The zero-order valence-corrected chi connectivity index (χ0v) is 10.2. The SMILES string of the molecule is N#Cc1ccc(CNC2CCCCCCC2)o1. The van der Waals surface area contributed by atoms with Crippen LogP contribution >= 0.6 is 0 Å². The first-order valence-electron chi connectivity index (χ1n) is 6.60. The van der Waals surface area contributed by atoms with Gasteiger partial charge in [-0.2, -0.15) is 5.26 Å².